The second-order valence-electron chi connectivity index (χ2n) is 6.14. The van der Waals surface area contributed by atoms with Gasteiger partial charge in [-0.05, 0) is 36.4 Å². The molecule has 0 saturated heterocycles. The maximum absolute atomic E-state index is 12.4. The third-order valence-electron chi connectivity index (χ3n) is 4.25. The van der Waals surface area contributed by atoms with Crippen molar-refractivity contribution in [3.05, 3.63) is 78.4 Å². The number of imidazole rings is 1. The van der Waals surface area contributed by atoms with E-state index >= 15 is 0 Å². The van der Waals surface area contributed by atoms with Crippen molar-refractivity contribution in [3.63, 3.8) is 0 Å². The SMILES string of the molecule is O=Cc1ccccc1OCC(=O)Nc1ccccc1-c1nc2ccccc2[nH]1. The molecule has 0 aliphatic rings. The van der Waals surface area contributed by atoms with Crippen LogP contribution in [0.5, 0.6) is 5.75 Å². The van der Waals surface area contributed by atoms with Crippen LogP contribution in [-0.4, -0.2) is 28.8 Å². The Morgan fingerprint density at radius 3 is 2.61 bits per heavy atom. The fraction of sp³-hybridized carbons (Fsp3) is 0.0455. The molecule has 2 N–H and O–H groups in total. The highest BCUT2D eigenvalue weighted by Gasteiger charge is 2.12. The van der Waals surface area contributed by atoms with Crippen LogP contribution in [0.15, 0.2) is 72.8 Å². The van der Waals surface area contributed by atoms with E-state index in [0.717, 1.165) is 16.6 Å². The molecule has 1 heterocycles. The molecular formula is C22H17N3O3. The molecule has 4 aromatic rings. The molecule has 6 nitrogen and oxygen atoms in total. The van der Waals surface area contributed by atoms with E-state index in [1.165, 1.54) is 0 Å². The number of H-pyrrole nitrogens is 1. The maximum Gasteiger partial charge on any atom is 0.262 e. The normalized spacial score (nSPS) is 10.6. The lowest BCUT2D eigenvalue weighted by atomic mass is 10.1. The summed E-state index contributed by atoms with van der Waals surface area (Å²) >= 11 is 0. The van der Waals surface area contributed by atoms with E-state index in [1.54, 1.807) is 30.3 Å². The third kappa shape index (κ3) is 3.61. The Bertz CT molecular complexity index is 1120. The molecule has 0 unspecified atom stereocenters. The summed E-state index contributed by atoms with van der Waals surface area (Å²) in [6.07, 6.45) is 0.699. The van der Waals surface area contributed by atoms with Gasteiger partial charge in [0.15, 0.2) is 12.9 Å². The first kappa shape index (κ1) is 17.5. The molecule has 0 aliphatic carbocycles. The standard InChI is InChI=1S/C22H17N3O3/c26-13-15-7-1-6-12-20(15)28-14-21(27)23-17-9-3-2-8-16(17)22-24-18-10-4-5-11-19(18)25-22/h1-13H,14H2,(H,23,27)(H,24,25). The van der Waals surface area contributed by atoms with E-state index in [4.69, 9.17) is 4.74 Å². The Labute approximate surface area is 161 Å². The third-order valence-corrected chi connectivity index (χ3v) is 4.25. The Hall–Kier alpha value is -3.93. The van der Waals surface area contributed by atoms with E-state index in [2.05, 4.69) is 15.3 Å². The predicted octanol–water partition coefficient (Wildman–Crippen LogP) is 4.06. The van der Waals surface area contributed by atoms with Gasteiger partial charge in [0.25, 0.3) is 5.91 Å². The average Bonchev–Trinajstić information content (AvgIpc) is 3.17. The average molecular weight is 371 g/mol. The van der Waals surface area contributed by atoms with Gasteiger partial charge in [0.2, 0.25) is 0 Å². The molecule has 0 radical (unpaired) electrons. The van der Waals surface area contributed by atoms with Crippen molar-refractivity contribution in [2.45, 2.75) is 0 Å². The van der Waals surface area contributed by atoms with Crippen molar-refractivity contribution in [2.24, 2.45) is 0 Å². The summed E-state index contributed by atoms with van der Waals surface area (Å²) in [5.41, 5.74) is 3.58. The van der Waals surface area contributed by atoms with Gasteiger partial charge in [0.05, 0.1) is 22.3 Å². The number of rotatable bonds is 6. The van der Waals surface area contributed by atoms with E-state index in [-0.39, 0.29) is 12.5 Å². The zero-order valence-electron chi connectivity index (χ0n) is 14.9. The number of aldehydes is 1. The minimum Gasteiger partial charge on any atom is -0.483 e. The first-order chi connectivity index (χ1) is 13.7. The molecule has 0 saturated carbocycles. The molecular weight excluding hydrogens is 354 g/mol. The topological polar surface area (TPSA) is 84.1 Å². The molecule has 3 aromatic carbocycles. The second kappa shape index (κ2) is 7.75. The number of hydrogen-bond acceptors (Lipinski definition) is 4. The molecule has 0 bridgehead atoms. The zero-order chi connectivity index (χ0) is 19.3. The highest BCUT2D eigenvalue weighted by molar-refractivity contribution is 5.96. The second-order valence-corrected chi connectivity index (χ2v) is 6.14. The number of anilines is 1. The molecule has 0 fully saturated rings. The fourth-order valence-corrected chi connectivity index (χ4v) is 2.92. The van der Waals surface area contributed by atoms with Crippen molar-refractivity contribution in [1.29, 1.82) is 0 Å². The molecule has 0 spiro atoms. The van der Waals surface area contributed by atoms with Crippen LogP contribution in [0.3, 0.4) is 0 Å². The minimum absolute atomic E-state index is 0.209. The highest BCUT2D eigenvalue weighted by Crippen LogP contribution is 2.27. The summed E-state index contributed by atoms with van der Waals surface area (Å²) in [5.74, 6) is 0.715. The Morgan fingerprint density at radius 1 is 1.00 bits per heavy atom. The largest absolute Gasteiger partial charge is 0.483 e. The van der Waals surface area contributed by atoms with Gasteiger partial charge < -0.3 is 15.0 Å². The number of amides is 1. The van der Waals surface area contributed by atoms with Gasteiger partial charge in [0, 0.05) is 5.56 Å². The monoisotopic (exact) mass is 371 g/mol. The Kier molecular flexibility index (Phi) is 4.84. The van der Waals surface area contributed by atoms with Crippen molar-refractivity contribution in [1.82, 2.24) is 9.97 Å². The van der Waals surface area contributed by atoms with Crippen LogP contribution < -0.4 is 10.1 Å². The number of nitrogens with one attached hydrogen (secondary N) is 2. The molecule has 0 aliphatic heterocycles. The molecule has 28 heavy (non-hydrogen) atoms. The highest BCUT2D eigenvalue weighted by atomic mass is 16.5. The van der Waals surface area contributed by atoms with Gasteiger partial charge in [-0.2, -0.15) is 0 Å². The van der Waals surface area contributed by atoms with E-state index in [0.29, 0.717) is 29.1 Å². The number of nitrogens with zero attached hydrogens (tertiary/aromatic N) is 1. The van der Waals surface area contributed by atoms with Crippen molar-refractivity contribution in [3.8, 4) is 17.1 Å². The Morgan fingerprint density at radius 2 is 1.75 bits per heavy atom. The van der Waals surface area contributed by atoms with Crippen molar-refractivity contribution < 1.29 is 14.3 Å². The summed E-state index contributed by atoms with van der Waals surface area (Å²) in [5, 5.41) is 2.85. The summed E-state index contributed by atoms with van der Waals surface area (Å²) < 4.78 is 5.49. The lowest BCUT2D eigenvalue weighted by molar-refractivity contribution is -0.118. The van der Waals surface area contributed by atoms with Gasteiger partial charge in [-0.25, -0.2) is 4.98 Å². The molecule has 0 atom stereocenters. The molecule has 4 rings (SSSR count). The lowest BCUT2D eigenvalue weighted by Gasteiger charge is -2.11. The van der Waals surface area contributed by atoms with Crippen molar-refractivity contribution in [2.75, 3.05) is 11.9 Å². The fourth-order valence-electron chi connectivity index (χ4n) is 2.92. The number of ether oxygens (including phenoxy) is 1. The summed E-state index contributed by atoms with van der Waals surface area (Å²) in [6, 6.07) is 21.9. The van der Waals surface area contributed by atoms with Crippen LogP contribution >= 0.6 is 0 Å². The Balaban J connectivity index is 1.52. The molecule has 1 aromatic heterocycles. The van der Waals surface area contributed by atoms with Crippen LogP contribution in [0.25, 0.3) is 22.4 Å². The number of hydrogen-bond donors (Lipinski definition) is 2. The lowest BCUT2D eigenvalue weighted by Crippen LogP contribution is -2.21. The van der Waals surface area contributed by atoms with Gasteiger partial charge in [-0.1, -0.05) is 36.4 Å². The molecule has 6 heteroatoms. The van der Waals surface area contributed by atoms with E-state index < -0.39 is 0 Å². The minimum atomic E-state index is -0.329. The number of carbonyl (C=O) groups excluding carboxylic acids is 2. The summed E-state index contributed by atoms with van der Waals surface area (Å²) in [4.78, 5) is 31.3. The number of fused-ring (bicyclic) bond motifs is 1. The van der Waals surface area contributed by atoms with Crippen LogP contribution in [0.1, 0.15) is 10.4 Å². The number of carbonyl (C=O) groups is 2. The predicted molar refractivity (Wildman–Crippen MR) is 107 cm³/mol. The van der Waals surface area contributed by atoms with Crippen LogP contribution in [-0.2, 0) is 4.79 Å². The van der Waals surface area contributed by atoms with Crippen LogP contribution in [0.2, 0.25) is 0 Å². The van der Waals surface area contributed by atoms with Crippen LogP contribution in [0, 0.1) is 0 Å². The number of benzene rings is 3. The molecule has 1 amide bonds. The smallest absolute Gasteiger partial charge is 0.262 e. The van der Waals surface area contributed by atoms with Gasteiger partial charge in [-0.3, -0.25) is 9.59 Å². The first-order valence-electron chi connectivity index (χ1n) is 8.75. The van der Waals surface area contributed by atoms with E-state index in [1.807, 2.05) is 42.5 Å². The maximum atomic E-state index is 12.4. The van der Waals surface area contributed by atoms with Crippen molar-refractivity contribution >= 4 is 28.9 Å². The van der Waals surface area contributed by atoms with Gasteiger partial charge in [0.1, 0.15) is 11.6 Å². The quantitative estimate of drug-likeness (QED) is 0.501. The number of aromatic nitrogens is 2. The zero-order valence-corrected chi connectivity index (χ0v) is 14.9. The number of aromatic amines is 1. The first-order valence-corrected chi connectivity index (χ1v) is 8.75. The van der Waals surface area contributed by atoms with Crippen LogP contribution in [0.4, 0.5) is 5.69 Å². The van der Waals surface area contributed by atoms with Gasteiger partial charge >= 0.3 is 0 Å². The van der Waals surface area contributed by atoms with E-state index in [9.17, 15) is 9.59 Å². The molecule has 138 valence electrons. The van der Waals surface area contributed by atoms with Gasteiger partial charge in [-0.15, -0.1) is 0 Å². The summed E-state index contributed by atoms with van der Waals surface area (Å²) in [7, 11) is 0. The number of para-hydroxylation sites is 4. The summed E-state index contributed by atoms with van der Waals surface area (Å²) in [6.45, 7) is -0.209.